The summed E-state index contributed by atoms with van der Waals surface area (Å²) in [6, 6.07) is 18.0. The zero-order chi connectivity index (χ0) is 16.1. The molecule has 0 aliphatic carbocycles. The van der Waals surface area contributed by atoms with Crippen molar-refractivity contribution in [3.8, 4) is 0 Å². The second kappa shape index (κ2) is 6.89. The largest absolute Gasteiger partial charge is 0.340 e. The fourth-order valence-electron chi connectivity index (χ4n) is 1.98. The summed E-state index contributed by atoms with van der Waals surface area (Å²) in [5.74, 6) is 0.216. The molecular formula is C17H13ClN4O. The minimum absolute atomic E-state index is 0.272. The number of nitrogens with one attached hydrogen (secondary N) is 2. The summed E-state index contributed by atoms with van der Waals surface area (Å²) in [5, 5.41) is 6.49. The van der Waals surface area contributed by atoms with Crippen molar-refractivity contribution in [3.05, 3.63) is 77.7 Å². The molecule has 6 heteroatoms. The molecule has 3 aromatic rings. The summed E-state index contributed by atoms with van der Waals surface area (Å²) >= 11 is 5.95. The van der Waals surface area contributed by atoms with Crippen LogP contribution in [0, 0.1) is 0 Å². The van der Waals surface area contributed by atoms with E-state index in [9.17, 15) is 4.79 Å². The molecule has 114 valence electrons. The molecule has 0 aliphatic heterocycles. The molecule has 0 saturated heterocycles. The lowest BCUT2D eigenvalue weighted by molar-refractivity contribution is 0.102. The molecule has 0 radical (unpaired) electrons. The zero-order valence-corrected chi connectivity index (χ0v) is 12.8. The quantitative estimate of drug-likeness (QED) is 0.757. The maximum Gasteiger partial charge on any atom is 0.274 e. The molecule has 0 aliphatic rings. The van der Waals surface area contributed by atoms with Gasteiger partial charge in [0.15, 0.2) is 0 Å². The van der Waals surface area contributed by atoms with Crippen molar-refractivity contribution in [1.29, 1.82) is 0 Å². The number of para-hydroxylation sites is 1. The Morgan fingerprint density at radius 3 is 2.48 bits per heavy atom. The van der Waals surface area contributed by atoms with Crippen molar-refractivity contribution in [2.75, 3.05) is 10.6 Å². The number of carbonyl (C=O) groups is 1. The van der Waals surface area contributed by atoms with E-state index in [-0.39, 0.29) is 11.6 Å². The molecule has 1 amide bonds. The van der Waals surface area contributed by atoms with Gasteiger partial charge in [-0.2, -0.15) is 0 Å². The molecule has 0 bridgehead atoms. The Labute approximate surface area is 138 Å². The number of aromatic nitrogens is 2. The number of carbonyl (C=O) groups excluding carboxylic acids is 1. The van der Waals surface area contributed by atoms with Crippen molar-refractivity contribution in [3.63, 3.8) is 0 Å². The molecule has 3 rings (SSSR count). The van der Waals surface area contributed by atoms with Gasteiger partial charge in [0.25, 0.3) is 5.91 Å². The number of benzene rings is 2. The summed E-state index contributed by atoms with van der Waals surface area (Å²) in [6.07, 6.45) is 1.34. The first-order chi connectivity index (χ1) is 11.2. The lowest BCUT2D eigenvalue weighted by Crippen LogP contribution is -2.14. The Bertz CT molecular complexity index is 824. The van der Waals surface area contributed by atoms with Crippen molar-refractivity contribution >= 4 is 34.7 Å². The summed E-state index contributed by atoms with van der Waals surface area (Å²) in [6.45, 7) is 0. The first kappa shape index (κ1) is 15.0. The number of anilines is 3. The number of amides is 1. The number of hydrogen-bond acceptors (Lipinski definition) is 4. The maximum atomic E-state index is 12.2. The first-order valence-corrected chi connectivity index (χ1v) is 7.29. The fourth-order valence-corrected chi connectivity index (χ4v) is 2.17. The molecule has 23 heavy (non-hydrogen) atoms. The van der Waals surface area contributed by atoms with Crippen LogP contribution in [0.4, 0.5) is 17.2 Å². The minimum Gasteiger partial charge on any atom is -0.340 e. The van der Waals surface area contributed by atoms with Crippen LogP contribution in [0.15, 0.2) is 67.0 Å². The highest BCUT2D eigenvalue weighted by atomic mass is 35.5. The normalized spacial score (nSPS) is 10.1. The molecule has 1 aromatic heterocycles. The van der Waals surface area contributed by atoms with Gasteiger partial charge in [-0.1, -0.05) is 35.9 Å². The van der Waals surface area contributed by atoms with Gasteiger partial charge in [-0.25, -0.2) is 9.97 Å². The third-order valence-electron chi connectivity index (χ3n) is 3.03. The minimum atomic E-state index is -0.298. The lowest BCUT2D eigenvalue weighted by Gasteiger charge is -2.08. The van der Waals surface area contributed by atoms with Crippen LogP contribution in [0.1, 0.15) is 10.5 Å². The van der Waals surface area contributed by atoms with E-state index >= 15 is 0 Å². The Balaban J connectivity index is 1.75. The smallest absolute Gasteiger partial charge is 0.274 e. The van der Waals surface area contributed by atoms with Crippen molar-refractivity contribution in [2.45, 2.75) is 0 Å². The van der Waals surface area contributed by atoms with E-state index < -0.39 is 0 Å². The molecule has 0 atom stereocenters. The number of hydrogen-bond donors (Lipinski definition) is 2. The standard InChI is InChI=1S/C17H13ClN4O/c18-12-5-4-8-14(9-12)21-16-10-15(19-11-20-16)17(23)22-13-6-2-1-3-7-13/h1-11H,(H,22,23)(H,19,20,21). The summed E-state index contributed by atoms with van der Waals surface area (Å²) in [4.78, 5) is 20.3. The fraction of sp³-hybridized carbons (Fsp3) is 0. The second-order valence-corrected chi connectivity index (χ2v) is 5.18. The van der Waals surface area contributed by atoms with Crippen molar-refractivity contribution in [1.82, 2.24) is 9.97 Å². The Kier molecular flexibility index (Phi) is 4.49. The summed E-state index contributed by atoms with van der Waals surface area (Å²) < 4.78 is 0. The van der Waals surface area contributed by atoms with Crippen LogP contribution in [0.2, 0.25) is 5.02 Å². The highest BCUT2D eigenvalue weighted by molar-refractivity contribution is 6.30. The maximum absolute atomic E-state index is 12.2. The van der Waals surface area contributed by atoms with Gasteiger partial charge in [-0.05, 0) is 30.3 Å². The molecule has 0 fully saturated rings. The predicted octanol–water partition coefficient (Wildman–Crippen LogP) is 4.13. The van der Waals surface area contributed by atoms with E-state index in [0.717, 1.165) is 5.69 Å². The first-order valence-electron chi connectivity index (χ1n) is 6.92. The van der Waals surface area contributed by atoms with Gasteiger partial charge in [0, 0.05) is 22.5 Å². The number of halogens is 1. The topological polar surface area (TPSA) is 66.9 Å². The molecule has 2 aromatic carbocycles. The third kappa shape index (κ3) is 4.05. The van der Waals surface area contributed by atoms with Gasteiger partial charge in [0.05, 0.1) is 0 Å². The lowest BCUT2D eigenvalue weighted by atomic mass is 10.3. The van der Waals surface area contributed by atoms with Crippen LogP contribution < -0.4 is 10.6 Å². The Morgan fingerprint density at radius 2 is 1.70 bits per heavy atom. The van der Waals surface area contributed by atoms with Crippen molar-refractivity contribution < 1.29 is 4.79 Å². The van der Waals surface area contributed by atoms with Gasteiger partial charge in [-0.15, -0.1) is 0 Å². The van der Waals surface area contributed by atoms with Gasteiger partial charge in [0.1, 0.15) is 17.8 Å². The second-order valence-electron chi connectivity index (χ2n) is 4.74. The predicted molar refractivity (Wildman–Crippen MR) is 91.2 cm³/mol. The zero-order valence-electron chi connectivity index (χ0n) is 12.0. The highest BCUT2D eigenvalue weighted by Crippen LogP contribution is 2.19. The SMILES string of the molecule is O=C(Nc1ccccc1)c1cc(Nc2cccc(Cl)c2)ncn1. The van der Waals surface area contributed by atoms with Crippen LogP contribution in [0.25, 0.3) is 0 Å². The third-order valence-corrected chi connectivity index (χ3v) is 3.26. The van der Waals surface area contributed by atoms with Crippen molar-refractivity contribution in [2.24, 2.45) is 0 Å². The molecule has 2 N–H and O–H groups in total. The van der Waals surface area contributed by atoms with E-state index in [1.165, 1.54) is 6.33 Å². The van der Waals surface area contributed by atoms with Crippen LogP contribution in [-0.4, -0.2) is 15.9 Å². The molecule has 1 heterocycles. The molecule has 5 nitrogen and oxygen atoms in total. The monoisotopic (exact) mass is 324 g/mol. The van der Waals surface area contributed by atoms with E-state index in [0.29, 0.717) is 16.5 Å². The molecule has 0 unspecified atom stereocenters. The van der Waals surface area contributed by atoms with E-state index in [1.54, 1.807) is 18.2 Å². The van der Waals surface area contributed by atoms with Crippen LogP contribution >= 0.6 is 11.6 Å². The van der Waals surface area contributed by atoms with Gasteiger partial charge < -0.3 is 10.6 Å². The van der Waals surface area contributed by atoms with E-state index in [1.807, 2.05) is 42.5 Å². The molecular weight excluding hydrogens is 312 g/mol. The van der Waals surface area contributed by atoms with Crippen LogP contribution in [0.3, 0.4) is 0 Å². The van der Waals surface area contributed by atoms with Gasteiger partial charge in [-0.3, -0.25) is 4.79 Å². The van der Waals surface area contributed by atoms with E-state index in [4.69, 9.17) is 11.6 Å². The summed E-state index contributed by atoms with van der Waals surface area (Å²) in [7, 11) is 0. The average Bonchev–Trinajstić information content (AvgIpc) is 2.56. The van der Waals surface area contributed by atoms with Gasteiger partial charge >= 0.3 is 0 Å². The average molecular weight is 325 g/mol. The number of nitrogens with zero attached hydrogens (tertiary/aromatic N) is 2. The van der Waals surface area contributed by atoms with E-state index in [2.05, 4.69) is 20.6 Å². The number of rotatable bonds is 4. The Hall–Kier alpha value is -2.92. The molecule has 0 saturated carbocycles. The highest BCUT2D eigenvalue weighted by Gasteiger charge is 2.09. The Morgan fingerprint density at radius 1 is 0.913 bits per heavy atom. The van der Waals surface area contributed by atoms with Crippen LogP contribution in [-0.2, 0) is 0 Å². The van der Waals surface area contributed by atoms with Crippen LogP contribution in [0.5, 0.6) is 0 Å². The summed E-state index contributed by atoms with van der Waals surface area (Å²) in [5.41, 5.74) is 1.76. The molecule has 0 spiro atoms. The van der Waals surface area contributed by atoms with Gasteiger partial charge in [0.2, 0.25) is 0 Å².